The van der Waals surface area contributed by atoms with Gasteiger partial charge in [0.15, 0.2) is 0 Å². The van der Waals surface area contributed by atoms with Crippen LogP contribution in [0.1, 0.15) is 22.4 Å². The molecule has 1 aliphatic rings. The van der Waals surface area contributed by atoms with Crippen LogP contribution in [0.3, 0.4) is 0 Å². The minimum Gasteiger partial charge on any atom is -0.294 e. The smallest absolute Gasteiger partial charge is 0.0659 e. The van der Waals surface area contributed by atoms with Crippen LogP contribution in [0.4, 0.5) is 0 Å². The van der Waals surface area contributed by atoms with E-state index < -0.39 is 0 Å². The number of H-pyrrole nitrogens is 1. The van der Waals surface area contributed by atoms with E-state index in [1.54, 1.807) is 0 Å². The predicted molar refractivity (Wildman–Crippen MR) is 84.2 cm³/mol. The van der Waals surface area contributed by atoms with Crippen LogP contribution in [-0.4, -0.2) is 31.4 Å². The summed E-state index contributed by atoms with van der Waals surface area (Å²) < 4.78 is 1.96. The van der Waals surface area contributed by atoms with Crippen molar-refractivity contribution in [2.45, 2.75) is 26.1 Å². The molecule has 3 aromatic rings. The van der Waals surface area contributed by atoms with E-state index >= 15 is 0 Å². The van der Waals surface area contributed by atoms with Gasteiger partial charge in [-0.1, -0.05) is 24.3 Å². The lowest BCUT2D eigenvalue weighted by atomic mass is 10.1. The van der Waals surface area contributed by atoms with Gasteiger partial charge in [0.2, 0.25) is 0 Å². The molecule has 0 bridgehead atoms. The lowest BCUT2D eigenvalue weighted by molar-refractivity contribution is 0.244. The molecule has 3 heterocycles. The van der Waals surface area contributed by atoms with Crippen molar-refractivity contribution in [1.29, 1.82) is 0 Å². The van der Waals surface area contributed by atoms with Crippen molar-refractivity contribution in [1.82, 2.24) is 24.9 Å². The third-order valence-electron chi connectivity index (χ3n) is 4.18. The lowest BCUT2D eigenvalue weighted by Gasteiger charge is -2.26. The highest BCUT2D eigenvalue weighted by molar-refractivity contribution is 5.25. The van der Waals surface area contributed by atoms with Crippen LogP contribution in [0.2, 0.25) is 0 Å². The lowest BCUT2D eigenvalue weighted by Crippen LogP contribution is -2.29. The van der Waals surface area contributed by atoms with E-state index in [1.807, 2.05) is 29.3 Å². The van der Waals surface area contributed by atoms with Crippen molar-refractivity contribution in [3.63, 3.8) is 0 Å². The number of hydrogen-bond acceptors (Lipinski definition) is 3. The fourth-order valence-electron chi connectivity index (χ4n) is 3.08. The second-order valence-electron chi connectivity index (χ2n) is 5.86. The first-order valence-electron chi connectivity index (χ1n) is 7.65. The van der Waals surface area contributed by atoms with Gasteiger partial charge in [-0.2, -0.15) is 10.2 Å². The van der Waals surface area contributed by atoms with Crippen LogP contribution in [0.15, 0.2) is 48.9 Å². The van der Waals surface area contributed by atoms with Crippen molar-refractivity contribution < 1.29 is 0 Å². The Balaban J connectivity index is 1.45. The maximum absolute atomic E-state index is 4.27. The SMILES string of the molecule is c1cc(CN2CCc3[nH]ncc3C2)cc(Cn2cccn2)c1. The molecule has 0 saturated carbocycles. The summed E-state index contributed by atoms with van der Waals surface area (Å²) in [6, 6.07) is 10.8. The topological polar surface area (TPSA) is 49.7 Å². The summed E-state index contributed by atoms with van der Waals surface area (Å²) in [4.78, 5) is 2.48. The average molecular weight is 293 g/mol. The predicted octanol–water partition coefficient (Wildman–Crippen LogP) is 2.21. The Bertz CT molecular complexity index is 744. The van der Waals surface area contributed by atoms with Crippen molar-refractivity contribution in [2.75, 3.05) is 6.54 Å². The molecule has 1 aliphatic heterocycles. The van der Waals surface area contributed by atoms with Crippen LogP contribution in [0.5, 0.6) is 0 Å². The van der Waals surface area contributed by atoms with E-state index in [4.69, 9.17) is 0 Å². The number of hydrogen-bond donors (Lipinski definition) is 1. The van der Waals surface area contributed by atoms with Crippen molar-refractivity contribution >= 4 is 0 Å². The van der Waals surface area contributed by atoms with Crippen molar-refractivity contribution in [3.05, 3.63) is 71.3 Å². The Morgan fingerprint density at radius 2 is 2.05 bits per heavy atom. The molecule has 0 radical (unpaired) electrons. The molecule has 5 nitrogen and oxygen atoms in total. The van der Waals surface area contributed by atoms with Crippen molar-refractivity contribution in [2.24, 2.45) is 0 Å². The number of aromatic nitrogens is 4. The standard InChI is InChI=1S/C17H19N5/c1-3-14(9-15(4-1)12-22-7-2-6-19-22)11-21-8-5-17-16(13-21)10-18-20-17/h1-4,6-7,9-10H,5,8,11-13H2,(H,18,20). The van der Waals surface area contributed by atoms with Crippen LogP contribution < -0.4 is 0 Å². The summed E-state index contributed by atoms with van der Waals surface area (Å²) in [5.41, 5.74) is 5.28. The second-order valence-corrected chi connectivity index (χ2v) is 5.86. The molecule has 0 spiro atoms. The van der Waals surface area contributed by atoms with Gasteiger partial charge in [-0.05, 0) is 17.2 Å². The molecular formula is C17H19N5. The summed E-state index contributed by atoms with van der Waals surface area (Å²) in [7, 11) is 0. The average Bonchev–Trinajstić information content (AvgIpc) is 3.18. The molecule has 0 unspecified atom stereocenters. The molecule has 2 aromatic heterocycles. The monoisotopic (exact) mass is 293 g/mol. The molecule has 0 atom stereocenters. The normalized spacial score (nSPS) is 14.9. The van der Waals surface area contributed by atoms with Gasteiger partial charge in [-0.15, -0.1) is 0 Å². The highest BCUT2D eigenvalue weighted by Gasteiger charge is 2.17. The largest absolute Gasteiger partial charge is 0.294 e. The van der Waals surface area contributed by atoms with E-state index in [-0.39, 0.29) is 0 Å². The van der Waals surface area contributed by atoms with Crippen molar-refractivity contribution in [3.8, 4) is 0 Å². The number of rotatable bonds is 4. The third kappa shape index (κ3) is 2.80. The Labute approximate surface area is 129 Å². The van der Waals surface area contributed by atoms with E-state index in [0.717, 1.165) is 32.6 Å². The third-order valence-corrected chi connectivity index (χ3v) is 4.18. The number of nitrogens with zero attached hydrogens (tertiary/aromatic N) is 4. The highest BCUT2D eigenvalue weighted by atomic mass is 15.3. The molecule has 0 aliphatic carbocycles. The quantitative estimate of drug-likeness (QED) is 0.802. The summed E-state index contributed by atoms with van der Waals surface area (Å²) in [5, 5.41) is 11.5. The Morgan fingerprint density at radius 1 is 1.14 bits per heavy atom. The van der Waals surface area contributed by atoms with Gasteiger partial charge in [-0.3, -0.25) is 14.7 Å². The summed E-state index contributed by atoms with van der Waals surface area (Å²) in [5.74, 6) is 0. The Morgan fingerprint density at radius 3 is 2.91 bits per heavy atom. The van der Waals surface area contributed by atoms with Gasteiger partial charge in [0, 0.05) is 49.7 Å². The molecule has 1 N–H and O–H groups in total. The molecule has 22 heavy (non-hydrogen) atoms. The van der Waals surface area contributed by atoms with Gasteiger partial charge < -0.3 is 0 Å². The van der Waals surface area contributed by atoms with Gasteiger partial charge in [0.25, 0.3) is 0 Å². The molecule has 0 saturated heterocycles. The maximum Gasteiger partial charge on any atom is 0.0659 e. The van der Waals surface area contributed by atoms with Crippen LogP contribution in [-0.2, 0) is 26.1 Å². The van der Waals surface area contributed by atoms with E-state index in [2.05, 4.69) is 44.5 Å². The van der Waals surface area contributed by atoms with Crippen LogP contribution >= 0.6 is 0 Å². The zero-order chi connectivity index (χ0) is 14.8. The number of fused-ring (bicyclic) bond motifs is 1. The summed E-state index contributed by atoms with van der Waals surface area (Å²) >= 11 is 0. The Kier molecular flexibility index (Phi) is 3.48. The van der Waals surface area contributed by atoms with Gasteiger partial charge >= 0.3 is 0 Å². The molecule has 0 amide bonds. The molecule has 4 rings (SSSR count). The van der Waals surface area contributed by atoms with Gasteiger partial charge in [0.1, 0.15) is 0 Å². The zero-order valence-corrected chi connectivity index (χ0v) is 12.4. The molecule has 1 aromatic carbocycles. The molecular weight excluding hydrogens is 274 g/mol. The van der Waals surface area contributed by atoms with E-state index in [1.165, 1.54) is 22.4 Å². The summed E-state index contributed by atoms with van der Waals surface area (Å²) in [6.45, 7) is 3.87. The molecule has 0 fully saturated rings. The minimum atomic E-state index is 0.826. The fraction of sp³-hybridized carbons (Fsp3) is 0.294. The number of benzene rings is 1. The first kappa shape index (κ1) is 13.3. The summed E-state index contributed by atoms with van der Waals surface area (Å²) in [6.07, 6.45) is 6.83. The van der Waals surface area contributed by atoms with Crippen LogP contribution in [0.25, 0.3) is 0 Å². The fourth-order valence-corrected chi connectivity index (χ4v) is 3.08. The Hall–Kier alpha value is -2.40. The first-order valence-corrected chi connectivity index (χ1v) is 7.65. The van der Waals surface area contributed by atoms with Gasteiger partial charge in [0.05, 0.1) is 12.7 Å². The van der Waals surface area contributed by atoms with Gasteiger partial charge in [-0.25, -0.2) is 0 Å². The molecule has 112 valence electrons. The molecule has 5 heteroatoms. The zero-order valence-electron chi connectivity index (χ0n) is 12.4. The number of aromatic amines is 1. The van der Waals surface area contributed by atoms with E-state index in [0.29, 0.717) is 0 Å². The van der Waals surface area contributed by atoms with E-state index in [9.17, 15) is 0 Å². The first-order chi connectivity index (χ1) is 10.9. The second kappa shape index (κ2) is 5.77. The van der Waals surface area contributed by atoms with Crippen LogP contribution in [0, 0.1) is 0 Å². The highest BCUT2D eigenvalue weighted by Crippen LogP contribution is 2.18. The maximum atomic E-state index is 4.27. The minimum absolute atomic E-state index is 0.826. The number of nitrogens with one attached hydrogen (secondary N) is 1.